The number of rotatable bonds is 5. The maximum Gasteiger partial charge on any atom is 0.0852 e. The van der Waals surface area contributed by atoms with Crippen molar-refractivity contribution in [3.05, 3.63) is 59.7 Å². The molecule has 0 amide bonds. The van der Waals surface area contributed by atoms with Crippen LogP contribution in [0.2, 0.25) is 0 Å². The zero-order valence-corrected chi connectivity index (χ0v) is 16.6. The van der Waals surface area contributed by atoms with Crippen molar-refractivity contribution in [3.63, 3.8) is 0 Å². The van der Waals surface area contributed by atoms with Crippen LogP contribution in [0, 0.1) is 12.3 Å². The molecule has 0 fully saturated rings. The van der Waals surface area contributed by atoms with Gasteiger partial charge < -0.3 is 5.11 Å². The molecule has 3 atom stereocenters. The van der Waals surface area contributed by atoms with Gasteiger partial charge in [0.25, 0.3) is 0 Å². The van der Waals surface area contributed by atoms with Crippen molar-refractivity contribution in [2.75, 3.05) is 6.26 Å². The molecule has 130 valence electrons. The molecule has 0 saturated heterocycles. The van der Waals surface area contributed by atoms with Gasteiger partial charge in [-0.1, -0.05) is 56.7 Å². The smallest absolute Gasteiger partial charge is 0.0852 e. The average molecular weight is 363 g/mol. The molecule has 2 nitrogen and oxygen atoms in total. The maximum absolute atomic E-state index is 13.1. The number of thioether (sulfide) groups is 1. The highest BCUT2D eigenvalue weighted by Gasteiger charge is 2.33. The molecule has 0 aliphatic heterocycles. The molecule has 1 N–H and O–H groups in total. The summed E-state index contributed by atoms with van der Waals surface area (Å²) in [4.78, 5) is 1.57. The van der Waals surface area contributed by atoms with Crippen LogP contribution in [0.4, 0.5) is 0 Å². The predicted octanol–water partition coefficient (Wildman–Crippen LogP) is 4.97. The van der Waals surface area contributed by atoms with E-state index in [0.29, 0.717) is 0 Å². The Balaban J connectivity index is 2.46. The summed E-state index contributed by atoms with van der Waals surface area (Å²) >= 11 is 1.60. The Morgan fingerprint density at radius 3 is 2.17 bits per heavy atom. The Labute approximate surface area is 152 Å². The summed E-state index contributed by atoms with van der Waals surface area (Å²) in [5.41, 5.74) is 1.85. The summed E-state index contributed by atoms with van der Waals surface area (Å²) in [5.74, 6) is 0. The molecule has 0 spiro atoms. The van der Waals surface area contributed by atoms with E-state index in [9.17, 15) is 9.32 Å². The molecule has 2 rings (SSSR count). The van der Waals surface area contributed by atoms with Gasteiger partial charge in [0.05, 0.1) is 22.2 Å². The highest BCUT2D eigenvalue weighted by atomic mass is 32.2. The summed E-state index contributed by atoms with van der Waals surface area (Å²) in [6.45, 7) is 8.10. The first kappa shape index (κ1) is 19.2. The standard InChI is InChI=1S/C20H26O2S2/c1-14-10-12-15(13-11-14)24(22)17-9-7-6-8-16(17)18(23-5)19(21)20(2,3)4/h6-13,18-19,21H,1-5H3/t18-,19-,24?/m0/s1. The summed E-state index contributed by atoms with van der Waals surface area (Å²) in [6.07, 6.45) is 1.47. The van der Waals surface area contributed by atoms with Gasteiger partial charge in [-0.3, -0.25) is 0 Å². The zero-order chi connectivity index (χ0) is 17.9. The van der Waals surface area contributed by atoms with Crippen LogP contribution in [-0.4, -0.2) is 21.7 Å². The van der Waals surface area contributed by atoms with Crippen molar-refractivity contribution in [2.24, 2.45) is 5.41 Å². The topological polar surface area (TPSA) is 37.3 Å². The van der Waals surface area contributed by atoms with Crippen molar-refractivity contribution in [2.45, 2.75) is 48.8 Å². The highest BCUT2D eigenvalue weighted by molar-refractivity contribution is 7.98. The van der Waals surface area contributed by atoms with Crippen LogP contribution < -0.4 is 0 Å². The first-order chi connectivity index (χ1) is 11.3. The quantitative estimate of drug-likeness (QED) is 0.816. The van der Waals surface area contributed by atoms with Crippen LogP contribution in [0.3, 0.4) is 0 Å². The third-order valence-corrected chi connectivity index (χ3v) is 6.58. The molecule has 24 heavy (non-hydrogen) atoms. The molecule has 1 unspecified atom stereocenters. The third kappa shape index (κ3) is 4.29. The second-order valence-corrected chi connectivity index (χ2v) is 9.51. The van der Waals surface area contributed by atoms with E-state index < -0.39 is 16.9 Å². The van der Waals surface area contributed by atoms with Crippen LogP contribution in [0.15, 0.2) is 58.3 Å². The lowest BCUT2D eigenvalue weighted by atomic mass is 9.85. The molecule has 0 heterocycles. The lowest BCUT2D eigenvalue weighted by molar-refractivity contribution is 0.0605. The Hall–Kier alpha value is -1.10. The normalized spacial score (nSPS) is 15.8. The lowest BCUT2D eigenvalue weighted by Crippen LogP contribution is -2.31. The monoisotopic (exact) mass is 362 g/mol. The number of aliphatic hydroxyl groups is 1. The predicted molar refractivity (Wildman–Crippen MR) is 104 cm³/mol. The number of hydrogen-bond acceptors (Lipinski definition) is 3. The summed E-state index contributed by atoms with van der Waals surface area (Å²) in [6, 6.07) is 15.5. The molecule has 4 heteroatoms. The molecule has 0 aliphatic carbocycles. The van der Waals surface area contributed by atoms with Gasteiger partial charge in [-0.15, -0.1) is 0 Å². The van der Waals surface area contributed by atoms with E-state index in [1.807, 2.05) is 82.5 Å². The van der Waals surface area contributed by atoms with Crippen LogP contribution >= 0.6 is 11.8 Å². The second kappa shape index (κ2) is 7.85. The summed E-state index contributed by atoms with van der Waals surface area (Å²) in [7, 11) is -1.26. The van der Waals surface area contributed by atoms with Crippen molar-refractivity contribution >= 4 is 22.6 Å². The molecule has 0 radical (unpaired) electrons. The maximum atomic E-state index is 13.1. The van der Waals surface area contributed by atoms with Crippen LogP contribution in [-0.2, 0) is 10.8 Å². The molecule has 2 aromatic carbocycles. The minimum absolute atomic E-state index is 0.115. The van der Waals surface area contributed by atoms with E-state index in [2.05, 4.69) is 0 Å². The Bertz CT molecular complexity index is 702. The number of aliphatic hydroxyl groups excluding tert-OH is 1. The Morgan fingerprint density at radius 1 is 1.04 bits per heavy atom. The fourth-order valence-electron chi connectivity index (χ4n) is 2.55. The zero-order valence-electron chi connectivity index (χ0n) is 14.9. The van der Waals surface area contributed by atoms with Gasteiger partial charge in [-0.2, -0.15) is 11.8 Å². The first-order valence-corrected chi connectivity index (χ1v) is 10.5. The van der Waals surface area contributed by atoms with Gasteiger partial charge in [-0.25, -0.2) is 4.21 Å². The van der Waals surface area contributed by atoms with E-state index in [-0.39, 0.29) is 10.7 Å². The number of benzene rings is 2. The lowest BCUT2D eigenvalue weighted by Gasteiger charge is -2.33. The molecular formula is C20H26O2S2. The minimum atomic E-state index is -1.26. The Morgan fingerprint density at radius 2 is 1.62 bits per heavy atom. The highest BCUT2D eigenvalue weighted by Crippen LogP contribution is 2.41. The van der Waals surface area contributed by atoms with Crippen molar-refractivity contribution < 1.29 is 9.32 Å². The molecule has 0 aromatic heterocycles. The van der Waals surface area contributed by atoms with Crippen LogP contribution in [0.25, 0.3) is 0 Å². The fourth-order valence-corrected chi connectivity index (χ4v) is 5.00. The average Bonchev–Trinajstić information content (AvgIpc) is 2.55. The van der Waals surface area contributed by atoms with E-state index in [1.54, 1.807) is 11.8 Å². The first-order valence-electron chi connectivity index (χ1n) is 8.04. The minimum Gasteiger partial charge on any atom is -0.391 e. The van der Waals surface area contributed by atoms with Crippen LogP contribution in [0.5, 0.6) is 0 Å². The molecule has 0 bridgehead atoms. The van der Waals surface area contributed by atoms with E-state index in [4.69, 9.17) is 0 Å². The molecule has 2 aromatic rings. The van der Waals surface area contributed by atoms with Gasteiger partial charge in [0.15, 0.2) is 0 Å². The van der Waals surface area contributed by atoms with E-state index >= 15 is 0 Å². The van der Waals surface area contributed by atoms with Crippen molar-refractivity contribution in [1.82, 2.24) is 0 Å². The molecule has 0 saturated carbocycles. The second-order valence-electron chi connectivity index (χ2n) is 7.09. The number of hydrogen-bond donors (Lipinski definition) is 1. The molecular weight excluding hydrogens is 336 g/mol. The van der Waals surface area contributed by atoms with E-state index in [1.165, 1.54) is 0 Å². The third-order valence-electron chi connectivity index (χ3n) is 4.09. The fraction of sp³-hybridized carbons (Fsp3) is 0.400. The summed E-state index contributed by atoms with van der Waals surface area (Å²) < 4.78 is 13.1. The van der Waals surface area contributed by atoms with Gasteiger partial charge in [0, 0.05) is 9.79 Å². The van der Waals surface area contributed by atoms with Gasteiger partial charge in [0.2, 0.25) is 0 Å². The summed E-state index contributed by atoms with van der Waals surface area (Å²) in [5, 5.41) is 10.7. The van der Waals surface area contributed by atoms with Crippen LogP contribution in [0.1, 0.15) is 37.1 Å². The molecule has 0 aliphatic rings. The van der Waals surface area contributed by atoms with Crippen molar-refractivity contribution in [3.8, 4) is 0 Å². The van der Waals surface area contributed by atoms with Gasteiger partial charge in [-0.05, 0) is 42.4 Å². The Kier molecular flexibility index (Phi) is 6.29. The SMILES string of the molecule is CS[C@@H](c1ccccc1S(=O)c1ccc(C)cc1)[C@H](O)C(C)(C)C. The largest absolute Gasteiger partial charge is 0.391 e. The van der Waals surface area contributed by atoms with E-state index in [0.717, 1.165) is 20.9 Å². The van der Waals surface area contributed by atoms with Gasteiger partial charge >= 0.3 is 0 Å². The number of aryl methyl sites for hydroxylation is 1. The van der Waals surface area contributed by atoms with Crippen molar-refractivity contribution in [1.29, 1.82) is 0 Å². The van der Waals surface area contributed by atoms with Gasteiger partial charge in [0.1, 0.15) is 0 Å².